The van der Waals surface area contributed by atoms with Gasteiger partial charge in [-0.25, -0.2) is 0 Å². The molecule has 0 fully saturated rings. The average molecular weight is 196 g/mol. The van der Waals surface area contributed by atoms with Crippen LogP contribution in [0.3, 0.4) is 0 Å². The molecule has 0 spiro atoms. The Labute approximate surface area is 86.3 Å². The van der Waals surface area contributed by atoms with Gasteiger partial charge in [-0.1, -0.05) is 37.6 Å². The summed E-state index contributed by atoms with van der Waals surface area (Å²) in [7, 11) is 0. The van der Waals surface area contributed by atoms with Gasteiger partial charge >= 0.3 is 5.97 Å². The van der Waals surface area contributed by atoms with Crippen molar-refractivity contribution in [1.82, 2.24) is 0 Å². The number of hydrogen-bond donors (Lipinski definition) is 1. The topological polar surface area (TPSA) is 37.3 Å². The summed E-state index contributed by atoms with van der Waals surface area (Å²) in [4.78, 5) is 10.2. The maximum Gasteiger partial charge on any atom is 0.303 e. The summed E-state index contributed by atoms with van der Waals surface area (Å²) >= 11 is 0. The summed E-state index contributed by atoms with van der Waals surface area (Å²) in [6.45, 7) is 2.11. The lowest BCUT2D eigenvalue weighted by molar-refractivity contribution is -0.137. The number of hydrogen-bond acceptors (Lipinski definition) is 1. The quantitative estimate of drug-likeness (QED) is 0.476. The average Bonchev–Trinajstić information content (AvgIpc) is 2.15. The van der Waals surface area contributed by atoms with Gasteiger partial charge in [0.15, 0.2) is 0 Å². The molecule has 0 unspecified atom stereocenters. The molecule has 2 heteroatoms. The summed E-state index contributed by atoms with van der Waals surface area (Å²) < 4.78 is 0. The van der Waals surface area contributed by atoms with Crippen LogP contribution in [0.4, 0.5) is 0 Å². The molecular formula is C12H20O2. The second-order valence-corrected chi connectivity index (χ2v) is 3.26. The second-order valence-electron chi connectivity index (χ2n) is 3.26. The van der Waals surface area contributed by atoms with Gasteiger partial charge in [0.1, 0.15) is 0 Å². The molecule has 0 aromatic rings. The van der Waals surface area contributed by atoms with E-state index in [0.717, 1.165) is 32.1 Å². The molecule has 0 aliphatic rings. The van der Waals surface area contributed by atoms with E-state index in [-0.39, 0.29) is 0 Å². The van der Waals surface area contributed by atoms with E-state index >= 15 is 0 Å². The number of aliphatic carboxylic acids is 1. The molecule has 0 aliphatic heterocycles. The van der Waals surface area contributed by atoms with Crippen molar-refractivity contribution in [2.45, 2.75) is 45.4 Å². The molecule has 0 aliphatic carbocycles. The maximum atomic E-state index is 10.2. The Morgan fingerprint density at radius 2 is 1.86 bits per heavy atom. The van der Waals surface area contributed by atoms with E-state index < -0.39 is 5.97 Å². The Bertz CT molecular complexity index is 192. The number of unbranched alkanes of at least 4 members (excludes halogenated alkanes) is 3. The van der Waals surface area contributed by atoms with Crippen molar-refractivity contribution in [3.8, 4) is 0 Å². The van der Waals surface area contributed by atoms with Crippen molar-refractivity contribution in [1.29, 1.82) is 0 Å². The third-order valence-electron chi connectivity index (χ3n) is 1.88. The first-order valence-corrected chi connectivity index (χ1v) is 5.30. The van der Waals surface area contributed by atoms with Crippen molar-refractivity contribution in [2.75, 3.05) is 0 Å². The summed E-state index contributed by atoms with van der Waals surface area (Å²) in [5.41, 5.74) is 0. The minimum absolute atomic E-state index is 0.305. The lowest BCUT2D eigenvalue weighted by atomic mass is 10.1. The molecule has 0 aromatic heterocycles. The van der Waals surface area contributed by atoms with Crippen LogP contribution >= 0.6 is 0 Å². The molecule has 80 valence electrons. The standard InChI is InChI=1S/C12H20O2/c1-2-3-4-5-6-7-8-9-10-11-12(13)14/h3-6H,2,7-11H2,1H3,(H,13,14)/b4-3-,6-5-. The van der Waals surface area contributed by atoms with Gasteiger partial charge in [0.05, 0.1) is 0 Å². The Balaban J connectivity index is 3.17. The molecule has 2 nitrogen and oxygen atoms in total. The zero-order valence-electron chi connectivity index (χ0n) is 8.91. The zero-order chi connectivity index (χ0) is 10.6. The smallest absolute Gasteiger partial charge is 0.303 e. The summed E-state index contributed by atoms with van der Waals surface area (Å²) in [6, 6.07) is 0. The van der Waals surface area contributed by atoms with Crippen LogP contribution in [0.5, 0.6) is 0 Å². The second kappa shape index (κ2) is 10.0. The van der Waals surface area contributed by atoms with Crippen LogP contribution < -0.4 is 0 Å². The van der Waals surface area contributed by atoms with Crippen LogP contribution in [0.25, 0.3) is 0 Å². The summed E-state index contributed by atoms with van der Waals surface area (Å²) in [6.07, 6.45) is 13.7. The normalized spacial score (nSPS) is 11.5. The van der Waals surface area contributed by atoms with Crippen molar-refractivity contribution in [2.24, 2.45) is 0 Å². The first-order chi connectivity index (χ1) is 6.77. The fourth-order valence-electron chi connectivity index (χ4n) is 1.10. The van der Waals surface area contributed by atoms with Crippen LogP contribution in [0.2, 0.25) is 0 Å². The zero-order valence-corrected chi connectivity index (χ0v) is 8.91. The van der Waals surface area contributed by atoms with Crippen molar-refractivity contribution < 1.29 is 9.90 Å². The molecular weight excluding hydrogens is 176 g/mol. The third kappa shape index (κ3) is 11.0. The SMILES string of the molecule is CC/C=C\C=C/CCCCCC(=O)O. The Hall–Kier alpha value is -1.05. The first kappa shape index (κ1) is 12.9. The van der Waals surface area contributed by atoms with Gasteiger partial charge in [-0.05, 0) is 25.7 Å². The van der Waals surface area contributed by atoms with Crippen molar-refractivity contribution in [3.05, 3.63) is 24.3 Å². The largest absolute Gasteiger partial charge is 0.481 e. The van der Waals surface area contributed by atoms with Crippen LogP contribution in [0, 0.1) is 0 Å². The van der Waals surface area contributed by atoms with Gasteiger partial charge in [0.2, 0.25) is 0 Å². The predicted molar refractivity (Wildman–Crippen MR) is 59.3 cm³/mol. The molecule has 0 aromatic carbocycles. The first-order valence-electron chi connectivity index (χ1n) is 5.30. The van der Waals surface area contributed by atoms with Gasteiger partial charge in [0.25, 0.3) is 0 Å². The fourth-order valence-corrected chi connectivity index (χ4v) is 1.10. The highest BCUT2D eigenvalue weighted by molar-refractivity contribution is 5.66. The van der Waals surface area contributed by atoms with Crippen molar-refractivity contribution in [3.63, 3.8) is 0 Å². The number of carboxylic acid groups (broad SMARTS) is 1. The van der Waals surface area contributed by atoms with Gasteiger partial charge in [-0.2, -0.15) is 0 Å². The van der Waals surface area contributed by atoms with Crippen LogP contribution in [-0.4, -0.2) is 11.1 Å². The van der Waals surface area contributed by atoms with E-state index in [1.165, 1.54) is 0 Å². The fraction of sp³-hybridized carbons (Fsp3) is 0.583. The lowest BCUT2D eigenvalue weighted by Gasteiger charge is -1.94. The monoisotopic (exact) mass is 196 g/mol. The van der Waals surface area contributed by atoms with E-state index in [1.807, 2.05) is 0 Å². The highest BCUT2D eigenvalue weighted by Gasteiger charge is 1.94. The summed E-state index contributed by atoms with van der Waals surface area (Å²) in [5.74, 6) is -0.688. The Morgan fingerprint density at radius 3 is 2.50 bits per heavy atom. The molecule has 0 amide bonds. The van der Waals surface area contributed by atoms with Crippen molar-refractivity contribution >= 4 is 5.97 Å². The molecule has 0 radical (unpaired) electrons. The van der Waals surface area contributed by atoms with Gasteiger partial charge in [0, 0.05) is 6.42 Å². The molecule has 14 heavy (non-hydrogen) atoms. The minimum Gasteiger partial charge on any atom is -0.481 e. The number of allylic oxidation sites excluding steroid dienone is 4. The number of carbonyl (C=O) groups is 1. The summed E-state index contributed by atoms with van der Waals surface area (Å²) in [5, 5.41) is 8.39. The molecule has 1 N–H and O–H groups in total. The Kier molecular flexibility index (Phi) is 9.28. The minimum atomic E-state index is -0.688. The molecule has 0 heterocycles. The molecule has 0 atom stereocenters. The molecule has 0 saturated heterocycles. The van der Waals surface area contributed by atoms with E-state index in [9.17, 15) is 4.79 Å². The predicted octanol–water partition coefficient (Wildman–Crippen LogP) is 3.54. The number of rotatable bonds is 8. The van der Waals surface area contributed by atoms with E-state index in [0.29, 0.717) is 6.42 Å². The third-order valence-corrected chi connectivity index (χ3v) is 1.88. The Morgan fingerprint density at radius 1 is 1.14 bits per heavy atom. The van der Waals surface area contributed by atoms with Crippen LogP contribution in [-0.2, 0) is 4.79 Å². The van der Waals surface area contributed by atoms with Gasteiger partial charge in [-0.15, -0.1) is 0 Å². The van der Waals surface area contributed by atoms with Gasteiger partial charge in [-0.3, -0.25) is 4.79 Å². The number of carboxylic acids is 1. The molecule has 0 rings (SSSR count). The van der Waals surface area contributed by atoms with E-state index in [1.54, 1.807) is 0 Å². The van der Waals surface area contributed by atoms with Crippen LogP contribution in [0.1, 0.15) is 45.4 Å². The molecule has 0 bridgehead atoms. The highest BCUT2D eigenvalue weighted by atomic mass is 16.4. The van der Waals surface area contributed by atoms with Crippen LogP contribution in [0.15, 0.2) is 24.3 Å². The molecule has 0 saturated carbocycles. The van der Waals surface area contributed by atoms with E-state index in [4.69, 9.17) is 5.11 Å². The lowest BCUT2D eigenvalue weighted by Crippen LogP contribution is -1.93. The maximum absolute atomic E-state index is 10.2. The highest BCUT2D eigenvalue weighted by Crippen LogP contribution is 2.03. The van der Waals surface area contributed by atoms with Gasteiger partial charge < -0.3 is 5.11 Å². The van der Waals surface area contributed by atoms with E-state index in [2.05, 4.69) is 31.2 Å².